The fraction of sp³-hybridized carbons (Fsp3) is 0.312. The number of aliphatic carboxylic acids is 1. The molecule has 0 radical (unpaired) electrons. The molecule has 1 saturated heterocycles. The zero-order valence-electron chi connectivity index (χ0n) is 11.8. The van der Waals surface area contributed by atoms with Crippen molar-refractivity contribution in [2.75, 3.05) is 11.5 Å². The third-order valence-electron chi connectivity index (χ3n) is 3.96. The van der Waals surface area contributed by atoms with Gasteiger partial charge in [-0.05, 0) is 37.1 Å². The van der Waals surface area contributed by atoms with Crippen LogP contribution in [0.4, 0.5) is 5.69 Å². The highest BCUT2D eigenvalue weighted by Gasteiger charge is 2.47. The maximum absolute atomic E-state index is 12.4. The number of rotatable bonds is 4. The van der Waals surface area contributed by atoms with E-state index in [2.05, 4.69) is 0 Å². The monoisotopic (exact) mass is 301 g/mol. The molecule has 0 spiro atoms. The Bertz CT molecular complexity index is 623. The van der Waals surface area contributed by atoms with E-state index < -0.39 is 12.6 Å². The van der Waals surface area contributed by atoms with Gasteiger partial charge in [-0.25, -0.2) is 4.79 Å². The molecular formula is C16H15NO5. The van der Waals surface area contributed by atoms with Crippen molar-refractivity contribution in [2.24, 2.45) is 11.8 Å². The van der Waals surface area contributed by atoms with Crippen molar-refractivity contribution in [1.29, 1.82) is 0 Å². The van der Waals surface area contributed by atoms with E-state index in [0.29, 0.717) is 24.3 Å². The van der Waals surface area contributed by atoms with Crippen LogP contribution in [0.1, 0.15) is 12.8 Å². The number of benzene rings is 1. The van der Waals surface area contributed by atoms with E-state index in [1.807, 2.05) is 12.2 Å². The first kappa shape index (κ1) is 14.3. The van der Waals surface area contributed by atoms with E-state index in [0.717, 1.165) is 0 Å². The predicted octanol–water partition coefficient (Wildman–Crippen LogP) is 1.61. The van der Waals surface area contributed by atoms with Crippen molar-refractivity contribution in [3.8, 4) is 5.75 Å². The fourth-order valence-corrected chi connectivity index (χ4v) is 2.89. The van der Waals surface area contributed by atoms with E-state index in [1.165, 1.54) is 4.90 Å². The Hall–Kier alpha value is -2.63. The highest BCUT2D eigenvalue weighted by molar-refractivity contribution is 6.22. The number of carboxylic acid groups (broad SMARTS) is 1. The maximum Gasteiger partial charge on any atom is 0.341 e. The summed E-state index contributed by atoms with van der Waals surface area (Å²) in [6, 6.07) is 6.30. The number of hydrogen-bond acceptors (Lipinski definition) is 4. The van der Waals surface area contributed by atoms with Gasteiger partial charge in [-0.3, -0.25) is 14.5 Å². The number of imide groups is 1. The molecule has 2 amide bonds. The maximum atomic E-state index is 12.4. The van der Waals surface area contributed by atoms with Gasteiger partial charge in [0.1, 0.15) is 5.75 Å². The van der Waals surface area contributed by atoms with Crippen molar-refractivity contribution < 1.29 is 24.2 Å². The van der Waals surface area contributed by atoms with Crippen LogP contribution in [0.25, 0.3) is 0 Å². The molecule has 0 bridgehead atoms. The molecule has 2 aliphatic rings. The van der Waals surface area contributed by atoms with Crippen LogP contribution < -0.4 is 9.64 Å². The topological polar surface area (TPSA) is 83.9 Å². The van der Waals surface area contributed by atoms with Gasteiger partial charge in [0.2, 0.25) is 11.8 Å². The molecule has 1 aromatic rings. The van der Waals surface area contributed by atoms with Crippen LogP contribution in [0.5, 0.6) is 5.75 Å². The molecule has 3 rings (SSSR count). The average Bonchev–Trinajstić information content (AvgIpc) is 2.78. The first-order chi connectivity index (χ1) is 10.6. The summed E-state index contributed by atoms with van der Waals surface area (Å²) in [5.41, 5.74) is 0.493. The van der Waals surface area contributed by atoms with E-state index in [9.17, 15) is 14.4 Å². The summed E-state index contributed by atoms with van der Waals surface area (Å²) in [6.45, 7) is -0.434. The molecule has 0 unspecified atom stereocenters. The Morgan fingerprint density at radius 2 is 1.64 bits per heavy atom. The molecule has 1 fully saturated rings. The Kier molecular flexibility index (Phi) is 3.66. The summed E-state index contributed by atoms with van der Waals surface area (Å²) in [5.74, 6) is -1.55. The van der Waals surface area contributed by atoms with Crippen LogP contribution in [0, 0.1) is 11.8 Å². The van der Waals surface area contributed by atoms with Gasteiger partial charge in [-0.1, -0.05) is 12.2 Å². The summed E-state index contributed by atoms with van der Waals surface area (Å²) in [6.07, 6.45) is 5.09. The molecule has 0 aromatic heterocycles. The molecule has 6 heteroatoms. The summed E-state index contributed by atoms with van der Waals surface area (Å²) in [4.78, 5) is 36.5. The van der Waals surface area contributed by atoms with Crippen molar-refractivity contribution >= 4 is 23.5 Å². The number of fused-ring (bicyclic) bond motifs is 1. The van der Waals surface area contributed by atoms with Gasteiger partial charge in [0, 0.05) is 0 Å². The molecule has 2 atom stereocenters. The zero-order valence-corrected chi connectivity index (χ0v) is 11.8. The molecule has 22 heavy (non-hydrogen) atoms. The first-order valence-electron chi connectivity index (χ1n) is 7.05. The molecule has 1 aliphatic heterocycles. The van der Waals surface area contributed by atoms with Gasteiger partial charge in [0.15, 0.2) is 6.61 Å². The quantitative estimate of drug-likeness (QED) is 0.674. The van der Waals surface area contributed by atoms with E-state index >= 15 is 0 Å². The highest BCUT2D eigenvalue weighted by Crippen LogP contribution is 2.37. The lowest BCUT2D eigenvalue weighted by Gasteiger charge is -2.15. The lowest BCUT2D eigenvalue weighted by atomic mass is 9.85. The Balaban J connectivity index is 1.78. The number of hydrogen-bond donors (Lipinski definition) is 1. The third kappa shape index (κ3) is 2.47. The second kappa shape index (κ2) is 5.63. The highest BCUT2D eigenvalue weighted by atomic mass is 16.5. The molecule has 1 heterocycles. The summed E-state index contributed by atoms with van der Waals surface area (Å²) >= 11 is 0. The summed E-state index contributed by atoms with van der Waals surface area (Å²) in [5, 5.41) is 8.56. The van der Waals surface area contributed by atoms with Gasteiger partial charge in [-0.2, -0.15) is 0 Å². The van der Waals surface area contributed by atoms with Gasteiger partial charge < -0.3 is 9.84 Å². The van der Waals surface area contributed by atoms with Crippen LogP contribution in [0.3, 0.4) is 0 Å². The Morgan fingerprint density at radius 1 is 1.09 bits per heavy atom. The lowest BCUT2D eigenvalue weighted by Crippen LogP contribution is -2.30. The fourth-order valence-electron chi connectivity index (χ4n) is 2.89. The van der Waals surface area contributed by atoms with Crippen molar-refractivity contribution in [2.45, 2.75) is 12.8 Å². The molecular weight excluding hydrogens is 286 g/mol. The van der Waals surface area contributed by atoms with Crippen molar-refractivity contribution in [1.82, 2.24) is 0 Å². The normalized spacial score (nSPS) is 23.5. The average molecular weight is 301 g/mol. The molecule has 1 aliphatic carbocycles. The number of anilines is 1. The molecule has 1 aromatic carbocycles. The zero-order chi connectivity index (χ0) is 15.7. The minimum absolute atomic E-state index is 0.168. The van der Waals surface area contributed by atoms with Crippen LogP contribution in [-0.2, 0) is 14.4 Å². The summed E-state index contributed by atoms with van der Waals surface area (Å²) < 4.78 is 5.04. The minimum atomic E-state index is -1.06. The van der Waals surface area contributed by atoms with Crippen molar-refractivity contribution in [3.05, 3.63) is 36.4 Å². The standard InChI is InChI=1S/C16H15NO5/c18-14(19)9-22-11-7-5-10(6-8-11)17-15(20)12-3-1-2-4-13(12)16(17)21/h1-2,5-8,12-13H,3-4,9H2,(H,18,19)/t12-,13+. The molecule has 1 N–H and O–H groups in total. The van der Waals surface area contributed by atoms with Gasteiger partial charge >= 0.3 is 5.97 Å². The number of carboxylic acids is 1. The van der Waals surface area contributed by atoms with Crippen molar-refractivity contribution in [3.63, 3.8) is 0 Å². The first-order valence-corrected chi connectivity index (χ1v) is 7.05. The largest absolute Gasteiger partial charge is 0.482 e. The van der Waals surface area contributed by atoms with Gasteiger partial charge in [-0.15, -0.1) is 0 Å². The van der Waals surface area contributed by atoms with Gasteiger partial charge in [0.05, 0.1) is 17.5 Å². The summed E-state index contributed by atoms with van der Waals surface area (Å²) in [7, 11) is 0. The van der Waals surface area contributed by atoms with Gasteiger partial charge in [0.25, 0.3) is 0 Å². The number of carbonyl (C=O) groups is 3. The lowest BCUT2D eigenvalue weighted by molar-refractivity contribution is -0.139. The molecule has 0 saturated carbocycles. The number of amides is 2. The SMILES string of the molecule is O=C(O)COc1ccc(N2C(=O)[C@H]3CC=CC[C@H]3C2=O)cc1. The number of allylic oxidation sites excluding steroid dienone is 2. The Labute approximate surface area is 127 Å². The van der Waals surface area contributed by atoms with E-state index in [4.69, 9.17) is 9.84 Å². The molecule has 114 valence electrons. The minimum Gasteiger partial charge on any atom is -0.482 e. The number of nitrogens with zero attached hydrogens (tertiary/aromatic N) is 1. The van der Waals surface area contributed by atoms with E-state index in [-0.39, 0.29) is 23.7 Å². The predicted molar refractivity (Wildman–Crippen MR) is 77.4 cm³/mol. The third-order valence-corrected chi connectivity index (χ3v) is 3.96. The van der Waals surface area contributed by atoms with Crippen LogP contribution in [-0.4, -0.2) is 29.5 Å². The van der Waals surface area contributed by atoms with Crippen LogP contribution in [0.15, 0.2) is 36.4 Å². The number of ether oxygens (including phenoxy) is 1. The smallest absolute Gasteiger partial charge is 0.341 e. The van der Waals surface area contributed by atoms with Crippen LogP contribution in [0.2, 0.25) is 0 Å². The Morgan fingerprint density at radius 3 is 2.14 bits per heavy atom. The second-order valence-corrected chi connectivity index (χ2v) is 5.34. The molecule has 6 nitrogen and oxygen atoms in total. The van der Waals surface area contributed by atoms with Crippen LogP contribution >= 0.6 is 0 Å². The second-order valence-electron chi connectivity index (χ2n) is 5.34. The number of carbonyl (C=O) groups excluding carboxylic acids is 2. The van der Waals surface area contributed by atoms with E-state index in [1.54, 1.807) is 24.3 Å².